The van der Waals surface area contributed by atoms with Gasteiger partial charge in [0.1, 0.15) is 23.1 Å². The number of carbonyl (C=O) groups excluding carboxylic acids is 1. The number of carbonyl (C=O) groups is 2. The van der Waals surface area contributed by atoms with Gasteiger partial charge in [-0.25, -0.2) is 18.2 Å². The van der Waals surface area contributed by atoms with E-state index in [4.69, 9.17) is 37.8 Å². The summed E-state index contributed by atoms with van der Waals surface area (Å²) in [6.45, 7) is 5.83. The van der Waals surface area contributed by atoms with Crippen molar-refractivity contribution in [1.82, 2.24) is 4.98 Å². The molecule has 13 heteroatoms. The maximum atomic E-state index is 13.4. The summed E-state index contributed by atoms with van der Waals surface area (Å²) in [5.41, 5.74) is 1.93. The Morgan fingerprint density at radius 3 is 2.40 bits per heavy atom. The Hall–Kier alpha value is -3.64. The van der Waals surface area contributed by atoms with E-state index in [9.17, 15) is 18.0 Å². The van der Waals surface area contributed by atoms with E-state index in [-0.39, 0.29) is 44.7 Å². The lowest BCUT2D eigenvalue weighted by Crippen LogP contribution is -2.16. The van der Waals surface area contributed by atoms with E-state index in [1.54, 1.807) is 24.3 Å². The van der Waals surface area contributed by atoms with E-state index in [0.29, 0.717) is 29.2 Å². The molecule has 0 aliphatic heterocycles. The number of benzene rings is 3. The van der Waals surface area contributed by atoms with Crippen LogP contribution in [-0.4, -0.2) is 42.7 Å². The first-order valence-electron chi connectivity index (χ1n) is 13.9. The molecule has 0 aliphatic carbocycles. The highest BCUT2D eigenvalue weighted by Gasteiger charge is 2.19. The van der Waals surface area contributed by atoms with Gasteiger partial charge in [0.15, 0.2) is 16.4 Å². The summed E-state index contributed by atoms with van der Waals surface area (Å²) in [4.78, 5) is 29.3. The van der Waals surface area contributed by atoms with Crippen molar-refractivity contribution >= 4 is 61.9 Å². The van der Waals surface area contributed by atoms with Crippen LogP contribution in [0.5, 0.6) is 11.5 Å². The molecule has 1 amide bonds. The Bertz CT molecular complexity index is 1780. The van der Waals surface area contributed by atoms with Crippen LogP contribution >= 0.6 is 34.5 Å². The number of nitrogens with one attached hydrogen (secondary N) is 1. The second-order valence-corrected chi connectivity index (χ2v) is 15.0. The van der Waals surface area contributed by atoms with Crippen LogP contribution in [0.15, 0.2) is 70.9 Å². The van der Waals surface area contributed by atoms with Crippen molar-refractivity contribution in [2.45, 2.75) is 50.5 Å². The number of aryl methyl sites for hydroxylation is 1. The predicted octanol–water partition coefficient (Wildman–Crippen LogP) is 7.45. The Morgan fingerprint density at radius 1 is 1.00 bits per heavy atom. The topological polar surface area (TPSA) is 132 Å². The highest BCUT2D eigenvalue weighted by atomic mass is 35.5. The van der Waals surface area contributed by atoms with Crippen LogP contribution in [0.1, 0.15) is 53.8 Å². The quantitative estimate of drug-likeness (QED) is 0.148. The first-order valence-corrected chi connectivity index (χ1v) is 17.1. The normalized spacial score (nSPS) is 11.7. The fourth-order valence-electron chi connectivity index (χ4n) is 4.15. The standard InChI is InChI=1S/C32H32Cl2N2O7S2/c1-32(2,3)28-19-44-29(36-28)17-42-22-9-12-25(34)24(16-22)31(39)35-26-15-20(6-13-27(26)43-18-30(37)38)5-4-14-45(40,41)23-10-7-21(33)8-11-23/h6-13,15-16,19H,4-5,14,17-18H2,1-3H3,(H,35,39)(H,37,38). The van der Waals surface area contributed by atoms with Crippen molar-refractivity contribution in [3.63, 3.8) is 0 Å². The maximum Gasteiger partial charge on any atom is 0.341 e. The van der Waals surface area contributed by atoms with Crippen molar-refractivity contribution in [3.05, 3.63) is 97.9 Å². The number of hydrogen-bond acceptors (Lipinski definition) is 8. The molecule has 1 heterocycles. The number of hydrogen-bond donors (Lipinski definition) is 2. The molecule has 3 aromatic carbocycles. The fraction of sp³-hybridized carbons (Fsp3) is 0.281. The minimum atomic E-state index is -3.52. The van der Waals surface area contributed by atoms with Gasteiger partial charge in [0.05, 0.1) is 32.6 Å². The molecule has 238 valence electrons. The van der Waals surface area contributed by atoms with Crippen molar-refractivity contribution in [3.8, 4) is 11.5 Å². The number of aromatic nitrogens is 1. The summed E-state index contributed by atoms with van der Waals surface area (Å²) in [6, 6.07) is 15.5. The largest absolute Gasteiger partial charge is 0.486 e. The molecule has 0 unspecified atom stereocenters. The second kappa shape index (κ2) is 14.6. The van der Waals surface area contributed by atoms with Crippen LogP contribution in [0.3, 0.4) is 0 Å². The molecule has 0 aliphatic rings. The summed E-state index contributed by atoms with van der Waals surface area (Å²) in [5.74, 6) is -1.32. The third-order valence-corrected chi connectivity index (χ3v) is 9.78. The first kappa shape index (κ1) is 34.2. The smallest absolute Gasteiger partial charge is 0.341 e. The Kier molecular flexibility index (Phi) is 11.1. The Balaban J connectivity index is 1.47. The van der Waals surface area contributed by atoms with E-state index in [2.05, 4.69) is 31.1 Å². The second-order valence-electron chi connectivity index (χ2n) is 11.2. The van der Waals surface area contributed by atoms with Gasteiger partial charge in [0.25, 0.3) is 5.91 Å². The average Bonchev–Trinajstić information content (AvgIpc) is 3.46. The molecule has 45 heavy (non-hydrogen) atoms. The predicted molar refractivity (Wildman–Crippen MR) is 176 cm³/mol. The van der Waals surface area contributed by atoms with Crippen molar-refractivity contribution < 1.29 is 32.6 Å². The van der Waals surface area contributed by atoms with Gasteiger partial charge in [-0.05, 0) is 73.0 Å². The minimum Gasteiger partial charge on any atom is -0.486 e. The van der Waals surface area contributed by atoms with Crippen LogP contribution in [-0.2, 0) is 33.1 Å². The minimum absolute atomic E-state index is 0.0836. The number of nitrogens with zero attached hydrogens (tertiary/aromatic N) is 1. The van der Waals surface area contributed by atoms with Gasteiger partial charge < -0.3 is 19.9 Å². The molecule has 0 fully saturated rings. The fourth-order valence-corrected chi connectivity index (χ4v) is 6.72. The third-order valence-electron chi connectivity index (χ3n) is 6.56. The monoisotopic (exact) mass is 690 g/mol. The molecular formula is C32H32Cl2N2O7S2. The number of halogens is 2. The number of thiazole rings is 1. The summed E-state index contributed by atoms with van der Waals surface area (Å²) in [7, 11) is -3.52. The average molecular weight is 692 g/mol. The number of ether oxygens (including phenoxy) is 2. The number of carboxylic acid groups (broad SMARTS) is 1. The number of aliphatic carboxylic acids is 1. The number of carboxylic acids is 1. The van der Waals surface area contributed by atoms with E-state index in [1.165, 1.54) is 47.7 Å². The van der Waals surface area contributed by atoms with E-state index < -0.39 is 28.3 Å². The zero-order valence-electron chi connectivity index (χ0n) is 24.8. The van der Waals surface area contributed by atoms with E-state index in [1.807, 2.05) is 5.38 Å². The molecule has 0 radical (unpaired) electrons. The zero-order valence-corrected chi connectivity index (χ0v) is 27.9. The lowest BCUT2D eigenvalue weighted by molar-refractivity contribution is -0.139. The molecule has 0 saturated heterocycles. The molecule has 9 nitrogen and oxygen atoms in total. The molecule has 2 N–H and O–H groups in total. The van der Waals surface area contributed by atoms with Crippen LogP contribution in [0, 0.1) is 0 Å². The first-order chi connectivity index (χ1) is 21.2. The molecule has 0 saturated carbocycles. The van der Waals surface area contributed by atoms with Crippen LogP contribution in [0.25, 0.3) is 0 Å². The Morgan fingerprint density at radius 2 is 1.73 bits per heavy atom. The highest BCUT2D eigenvalue weighted by molar-refractivity contribution is 7.91. The number of amides is 1. The van der Waals surface area contributed by atoms with Gasteiger partial charge in [-0.2, -0.15) is 0 Å². The molecule has 4 rings (SSSR count). The molecule has 0 atom stereocenters. The summed E-state index contributed by atoms with van der Waals surface area (Å²) >= 11 is 13.7. The van der Waals surface area contributed by atoms with Crippen LogP contribution in [0.4, 0.5) is 5.69 Å². The summed E-state index contributed by atoms with van der Waals surface area (Å²) in [5, 5.41) is 15.3. The van der Waals surface area contributed by atoms with Crippen LogP contribution in [0.2, 0.25) is 10.0 Å². The van der Waals surface area contributed by atoms with Gasteiger partial charge in [0.2, 0.25) is 0 Å². The third kappa shape index (κ3) is 9.67. The van der Waals surface area contributed by atoms with E-state index >= 15 is 0 Å². The highest BCUT2D eigenvalue weighted by Crippen LogP contribution is 2.30. The maximum absolute atomic E-state index is 13.4. The number of anilines is 1. The lowest BCUT2D eigenvalue weighted by atomic mass is 9.93. The zero-order chi connectivity index (χ0) is 32.8. The van der Waals surface area contributed by atoms with Gasteiger partial charge >= 0.3 is 5.97 Å². The number of rotatable bonds is 13. The lowest BCUT2D eigenvalue weighted by Gasteiger charge is -2.15. The molecule has 0 bridgehead atoms. The van der Waals surface area contributed by atoms with Crippen molar-refractivity contribution in [1.29, 1.82) is 0 Å². The van der Waals surface area contributed by atoms with Crippen molar-refractivity contribution in [2.75, 3.05) is 17.7 Å². The SMILES string of the molecule is CC(C)(C)c1csc(COc2ccc(Cl)c(C(=O)Nc3cc(CCCS(=O)(=O)c4ccc(Cl)cc4)ccc3OCC(=O)O)c2)n1. The number of sulfone groups is 1. The van der Waals surface area contributed by atoms with E-state index in [0.717, 1.165) is 10.7 Å². The van der Waals surface area contributed by atoms with Gasteiger partial charge in [-0.3, -0.25) is 4.79 Å². The molecule has 0 spiro atoms. The van der Waals surface area contributed by atoms with Crippen LogP contribution < -0.4 is 14.8 Å². The van der Waals surface area contributed by atoms with Gasteiger partial charge in [0, 0.05) is 15.8 Å². The van der Waals surface area contributed by atoms with Gasteiger partial charge in [-0.1, -0.05) is 50.0 Å². The van der Waals surface area contributed by atoms with Gasteiger partial charge in [-0.15, -0.1) is 11.3 Å². The molecular weight excluding hydrogens is 659 g/mol. The summed E-state index contributed by atoms with van der Waals surface area (Å²) in [6.07, 6.45) is 0.669. The van der Waals surface area contributed by atoms with Crippen molar-refractivity contribution in [2.24, 2.45) is 0 Å². The Labute approximate surface area is 276 Å². The molecule has 1 aromatic heterocycles. The molecule has 4 aromatic rings. The summed E-state index contributed by atoms with van der Waals surface area (Å²) < 4.78 is 36.8.